The number of nitrogens with zero attached hydrogens (tertiary/aromatic N) is 2. The Hall–Kier alpha value is -0.970. The standard InChI is InChI=1S/C15H19N3S/c1-2-12(15-13(3-1)17-10-19-15)8-16-14-9-18-6-4-11(14)5-7-18/h1-3,10-11,14,16H,4-9H2. The van der Waals surface area contributed by atoms with Crippen molar-refractivity contribution in [3.8, 4) is 0 Å². The van der Waals surface area contributed by atoms with E-state index in [-0.39, 0.29) is 0 Å². The van der Waals surface area contributed by atoms with Gasteiger partial charge in [0.15, 0.2) is 0 Å². The van der Waals surface area contributed by atoms with Crippen LogP contribution in [0.4, 0.5) is 0 Å². The summed E-state index contributed by atoms with van der Waals surface area (Å²) in [7, 11) is 0. The molecule has 19 heavy (non-hydrogen) atoms. The molecule has 2 bridgehead atoms. The molecule has 3 saturated heterocycles. The minimum Gasteiger partial charge on any atom is -0.308 e. The molecule has 3 fully saturated rings. The zero-order chi connectivity index (χ0) is 12.7. The van der Waals surface area contributed by atoms with Crippen molar-refractivity contribution in [2.24, 2.45) is 5.92 Å². The lowest BCUT2D eigenvalue weighted by atomic mass is 9.84. The van der Waals surface area contributed by atoms with Gasteiger partial charge in [-0.05, 0) is 43.5 Å². The minimum atomic E-state index is 0.686. The summed E-state index contributed by atoms with van der Waals surface area (Å²) in [6.07, 6.45) is 2.75. The van der Waals surface area contributed by atoms with Crippen molar-refractivity contribution in [2.45, 2.75) is 25.4 Å². The number of piperidine rings is 3. The van der Waals surface area contributed by atoms with Crippen LogP contribution in [0.25, 0.3) is 10.2 Å². The Kier molecular flexibility index (Phi) is 3.02. The number of nitrogens with one attached hydrogen (secondary N) is 1. The molecule has 0 saturated carbocycles. The first-order valence-corrected chi connectivity index (χ1v) is 8.05. The molecule has 2 aromatic rings. The molecular formula is C15H19N3S. The third-order valence-electron chi connectivity index (χ3n) is 4.65. The van der Waals surface area contributed by atoms with Gasteiger partial charge in [-0.3, -0.25) is 0 Å². The van der Waals surface area contributed by atoms with Crippen molar-refractivity contribution >= 4 is 21.6 Å². The van der Waals surface area contributed by atoms with Crippen molar-refractivity contribution in [1.29, 1.82) is 0 Å². The number of rotatable bonds is 3. The first-order chi connectivity index (χ1) is 9.40. The van der Waals surface area contributed by atoms with Gasteiger partial charge >= 0.3 is 0 Å². The summed E-state index contributed by atoms with van der Waals surface area (Å²) >= 11 is 1.75. The number of fused-ring (bicyclic) bond motifs is 4. The maximum atomic E-state index is 4.39. The lowest BCUT2D eigenvalue weighted by Crippen LogP contribution is -2.55. The van der Waals surface area contributed by atoms with Crippen molar-refractivity contribution in [1.82, 2.24) is 15.2 Å². The van der Waals surface area contributed by atoms with E-state index in [2.05, 4.69) is 33.4 Å². The fourth-order valence-electron chi connectivity index (χ4n) is 3.52. The molecule has 1 unspecified atom stereocenters. The molecule has 1 aromatic carbocycles. The summed E-state index contributed by atoms with van der Waals surface area (Å²) in [5.41, 5.74) is 4.48. The highest BCUT2D eigenvalue weighted by molar-refractivity contribution is 7.16. The average Bonchev–Trinajstić information content (AvgIpc) is 2.95. The molecule has 1 N–H and O–H groups in total. The molecule has 1 atom stereocenters. The molecule has 3 nitrogen and oxygen atoms in total. The second kappa shape index (κ2) is 4.85. The molecule has 0 amide bonds. The van der Waals surface area contributed by atoms with Crippen molar-refractivity contribution in [3.05, 3.63) is 29.3 Å². The van der Waals surface area contributed by atoms with E-state index in [1.54, 1.807) is 11.3 Å². The zero-order valence-electron chi connectivity index (χ0n) is 11.0. The van der Waals surface area contributed by atoms with Crippen LogP contribution in [0.3, 0.4) is 0 Å². The molecular weight excluding hydrogens is 254 g/mol. The number of aromatic nitrogens is 1. The molecule has 0 spiro atoms. The SMILES string of the molecule is c1cc(CNC2CN3CCC2CC3)c2scnc2c1. The van der Waals surface area contributed by atoms with Gasteiger partial charge in [-0.2, -0.15) is 0 Å². The summed E-state index contributed by atoms with van der Waals surface area (Å²) in [5, 5.41) is 3.79. The zero-order valence-corrected chi connectivity index (χ0v) is 11.8. The van der Waals surface area contributed by atoms with Crippen molar-refractivity contribution in [2.75, 3.05) is 19.6 Å². The summed E-state index contributed by atoms with van der Waals surface area (Å²) < 4.78 is 1.34. The molecule has 3 aliphatic heterocycles. The molecule has 3 aliphatic rings. The normalized spacial score (nSPS) is 30.0. The summed E-state index contributed by atoms with van der Waals surface area (Å²) in [5.74, 6) is 0.894. The van der Waals surface area contributed by atoms with Gasteiger partial charge in [0.1, 0.15) is 0 Å². The van der Waals surface area contributed by atoms with Crippen molar-refractivity contribution < 1.29 is 0 Å². The summed E-state index contributed by atoms with van der Waals surface area (Å²) in [6, 6.07) is 7.14. The highest BCUT2D eigenvalue weighted by Crippen LogP contribution is 2.28. The summed E-state index contributed by atoms with van der Waals surface area (Å²) in [4.78, 5) is 7.00. The van der Waals surface area contributed by atoms with Crippen LogP contribution in [0.5, 0.6) is 0 Å². The van der Waals surface area contributed by atoms with Gasteiger partial charge in [-0.25, -0.2) is 4.98 Å². The van der Waals surface area contributed by atoms with Gasteiger partial charge in [0.25, 0.3) is 0 Å². The van der Waals surface area contributed by atoms with Gasteiger partial charge < -0.3 is 10.2 Å². The molecule has 4 heterocycles. The highest BCUT2D eigenvalue weighted by atomic mass is 32.1. The lowest BCUT2D eigenvalue weighted by molar-refractivity contribution is 0.0720. The van der Waals surface area contributed by atoms with E-state index in [4.69, 9.17) is 0 Å². The minimum absolute atomic E-state index is 0.686. The van der Waals surface area contributed by atoms with Gasteiger partial charge in [-0.15, -0.1) is 11.3 Å². The van der Waals surface area contributed by atoms with Crippen molar-refractivity contribution in [3.63, 3.8) is 0 Å². The van der Waals surface area contributed by atoms with Gasteiger partial charge in [0, 0.05) is 19.1 Å². The predicted molar refractivity (Wildman–Crippen MR) is 79.4 cm³/mol. The molecule has 100 valence electrons. The second-order valence-corrected chi connectivity index (χ2v) is 6.60. The number of hydrogen-bond donors (Lipinski definition) is 1. The van der Waals surface area contributed by atoms with Crippen LogP contribution < -0.4 is 5.32 Å². The van der Waals surface area contributed by atoms with Crippen LogP contribution in [0.15, 0.2) is 23.7 Å². The fourth-order valence-corrected chi connectivity index (χ4v) is 4.33. The maximum absolute atomic E-state index is 4.39. The van der Waals surface area contributed by atoms with Crippen LogP contribution in [-0.4, -0.2) is 35.6 Å². The molecule has 0 radical (unpaired) electrons. The lowest BCUT2D eigenvalue weighted by Gasteiger charge is -2.45. The van der Waals surface area contributed by atoms with E-state index in [9.17, 15) is 0 Å². The Morgan fingerprint density at radius 3 is 3.00 bits per heavy atom. The predicted octanol–water partition coefficient (Wildman–Crippen LogP) is 2.48. The first kappa shape index (κ1) is 11.8. The number of hydrogen-bond acceptors (Lipinski definition) is 4. The van der Waals surface area contributed by atoms with Gasteiger partial charge in [0.05, 0.1) is 15.7 Å². The number of benzene rings is 1. The highest BCUT2D eigenvalue weighted by Gasteiger charge is 2.33. The van der Waals surface area contributed by atoms with Crippen LogP contribution in [0.2, 0.25) is 0 Å². The first-order valence-electron chi connectivity index (χ1n) is 7.17. The van der Waals surface area contributed by atoms with E-state index in [0.717, 1.165) is 18.0 Å². The van der Waals surface area contributed by atoms with E-state index in [1.807, 2.05) is 5.51 Å². The average molecular weight is 273 g/mol. The Morgan fingerprint density at radius 1 is 1.32 bits per heavy atom. The maximum Gasteiger partial charge on any atom is 0.0815 e. The molecule has 5 rings (SSSR count). The van der Waals surface area contributed by atoms with E-state index < -0.39 is 0 Å². The molecule has 0 aliphatic carbocycles. The Labute approximate surface area is 117 Å². The quantitative estimate of drug-likeness (QED) is 0.931. The fraction of sp³-hybridized carbons (Fsp3) is 0.533. The van der Waals surface area contributed by atoms with Crippen LogP contribution in [0.1, 0.15) is 18.4 Å². The third kappa shape index (κ3) is 2.18. The largest absolute Gasteiger partial charge is 0.308 e. The Bertz CT molecular complexity index is 572. The Morgan fingerprint density at radius 2 is 2.21 bits per heavy atom. The topological polar surface area (TPSA) is 28.2 Å². The summed E-state index contributed by atoms with van der Waals surface area (Å²) in [6.45, 7) is 4.85. The monoisotopic (exact) mass is 273 g/mol. The smallest absolute Gasteiger partial charge is 0.0815 e. The number of thiazole rings is 1. The van der Waals surface area contributed by atoms with Crippen LogP contribution in [-0.2, 0) is 6.54 Å². The van der Waals surface area contributed by atoms with Crippen LogP contribution in [0, 0.1) is 5.92 Å². The molecule has 1 aromatic heterocycles. The Balaban J connectivity index is 1.49. The molecule has 4 heteroatoms. The van der Waals surface area contributed by atoms with Gasteiger partial charge in [-0.1, -0.05) is 12.1 Å². The van der Waals surface area contributed by atoms with E-state index in [1.165, 1.54) is 42.7 Å². The second-order valence-electron chi connectivity index (χ2n) is 5.74. The van der Waals surface area contributed by atoms with Gasteiger partial charge in [0.2, 0.25) is 0 Å². The van der Waals surface area contributed by atoms with E-state index in [0.29, 0.717) is 6.04 Å². The van der Waals surface area contributed by atoms with E-state index >= 15 is 0 Å². The van der Waals surface area contributed by atoms with Crippen LogP contribution >= 0.6 is 11.3 Å². The third-order valence-corrected chi connectivity index (χ3v) is 5.57.